The van der Waals surface area contributed by atoms with Crippen molar-refractivity contribution in [2.24, 2.45) is 5.92 Å². The van der Waals surface area contributed by atoms with Crippen molar-refractivity contribution in [2.45, 2.75) is 90.4 Å². The van der Waals surface area contributed by atoms with Crippen molar-refractivity contribution in [1.82, 2.24) is 0 Å². The van der Waals surface area contributed by atoms with E-state index >= 15 is 0 Å². The highest BCUT2D eigenvalue weighted by Gasteiger charge is 2.22. The fourth-order valence-corrected chi connectivity index (χ4v) is 4.75. The van der Waals surface area contributed by atoms with Crippen LogP contribution in [0.5, 0.6) is 0 Å². The third kappa shape index (κ3) is 6.29. The molecule has 0 aliphatic heterocycles. The van der Waals surface area contributed by atoms with Crippen LogP contribution >= 0.6 is 0 Å². The van der Waals surface area contributed by atoms with E-state index in [2.05, 4.69) is 50.2 Å². The average Bonchev–Trinajstić information content (AvgIpc) is 2.78. The van der Waals surface area contributed by atoms with Crippen molar-refractivity contribution in [2.75, 3.05) is 0 Å². The van der Waals surface area contributed by atoms with Crippen molar-refractivity contribution in [1.29, 1.82) is 0 Å². The number of benzene rings is 2. The Hall–Kier alpha value is -1.89. The molecule has 1 saturated carbocycles. The van der Waals surface area contributed by atoms with Crippen LogP contribution in [0.3, 0.4) is 0 Å². The lowest BCUT2D eigenvalue weighted by Gasteiger charge is -2.29. The number of hydrogen-bond acceptors (Lipinski definition) is 1. The van der Waals surface area contributed by atoms with Gasteiger partial charge in [0.15, 0.2) is 5.78 Å². The zero-order chi connectivity index (χ0) is 20.5. The van der Waals surface area contributed by atoms with Gasteiger partial charge < -0.3 is 0 Å². The van der Waals surface area contributed by atoms with Gasteiger partial charge in [-0.15, -0.1) is 0 Å². The molecule has 156 valence electrons. The zero-order valence-electron chi connectivity index (χ0n) is 18.5. The van der Waals surface area contributed by atoms with Crippen molar-refractivity contribution >= 4 is 5.78 Å². The minimum Gasteiger partial charge on any atom is -0.294 e. The Bertz CT molecular complexity index is 733. The van der Waals surface area contributed by atoms with Crippen LogP contribution in [0.2, 0.25) is 0 Å². The second kappa shape index (κ2) is 11.3. The third-order valence-electron chi connectivity index (χ3n) is 6.74. The molecule has 0 amide bonds. The summed E-state index contributed by atoms with van der Waals surface area (Å²) in [5.41, 5.74) is 4.79. The van der Waals surface area contributed by atoms with Gasteiger partial charge in [-0.05, 0) is 60.6 Å². The van der Waals surface area contributed by atoms with Gasteiger partial charge >= 0.3 is 0 Å². The van der Waals surface area contributed by atoms with E-state index in [4.69, 9.17) is 0 Å². The first-order chi connectivity index (χ1) is 14.2. The predicted octanol–water partition coefficient (Wildman–Crippen LogP) is 8.58. The van der Waals surface area contributed by atoms with Crippen LogP contribution in [0.15, 0.2) is 48.5 Å². The summed E-state index contributed by atoms with van der Waals surface area (Å²) in [5, 5.41) is 0. The highest BCUT2D eigenvalue weighted by atomic mass is 16.1. The molecule has 1 fully saturated rings. The number of Topliss-reactive ketones (excluding diaryl/α,β-unsaturated/α-hetero) is 1. The maximum atomic E-state index is 12.2. The van der Waals surface area contributed by atoms with E-state index in [1.807, 2.05) is 12.1 Å². The largest absolute Gasteiger partial charge is 0.294 e. The molecule has 0 aromatic heterocycles. The highest BCUT2D eigenvalue weighted by Crippen LogP contribution is 2.38. The Morgan fingerprint density at radius 3 is 1.93 bits per heavy atom. The normalized spacial score (nSPS) is 19.2. The Morgan fingerprint density at radius 1 is 0.759 bits per heavy atom. The lowest BCUT2D eigenvalue weighted by Crippen LogP contribution is -2.13. The van der Waals surface area contributed by atoms with Crippen LogP contribution in [0.25, 0.3) is 11.1 Å². The van der Waals surface area contributed by atoms with Gasteiger partial charge in [-0.2, -0.15) is 0 Å². The molecule has 29 heavy (non-hydrogen) atoms. The molecule has 3 rings (SSSR count). The Balaban J connectivity index is 1.54. The average molecular weight is 391 g/mol. The molecular formula is C28H38O. The van der Waals surface area contributed by atoms with Crippen molar-refractivity contribution < 1.29 is 4.79 Å². The van der Waals surface area contributed by atoms with Crippen molar-refractivity contribution in [3.05, 3.63) is 59.7 Å². The number of carbonyl (C=O) groups is 1. The number of hydrogen-bond donors (Lipinski definition) is 0. The molecule has 1 heteroatoms. The number of unbranched alkanes of at least 4 members (excludes halogenated alkanes) is 3. The van der Waals surface area contributed by atoms with Crippen molar-refractivity contribution in [3.8, 4) is 11.1 Å². The first-order valence-electron chi connectivity index (χ1n) is 11.9. The van der Waals surface area contributed by atoms with Gasteiger partial charge in [0.05, 0.1) is 0 Å². The van der Waals surface area contributed by atoms with Crippen LogP contribution in [0.1, 0.15) is 106 Å². The van der Waals surface area contributed by atoms with E-state index < -0.39 is 0 Å². The lowest BCUT2D eigenvalue weighted by molar-refractivity contribution is 0.0980. The Morgan fingerprint density at radius 2 is 1.34 bits per heavy atom. The molecule has 0 spiro atoms. The summed E-state index contributed by atoms with van der Waals surface area (Å²) < 4.78 is 0. The van der Waals surface area contributed by atoms with E-state index in [0.29, 0.717) is 6.42 Å². The van der Waals surface area contributed by atoms with E-state index in [1.165, 1.54) is 68.1 Å². The van der Waals surface area contributed by atoms with Gasteiger partial charge in [-0.3, -0.25) is 4.79 Å². The van der Waals surface area contributed by atoms with E-state index in [1.54, 1.807) is 0 Å². The summed E-state index contributed by atoms with van der Waals surface area (Å²) >= 11 is 0. The zero-order valence-corrected chi connectivity index (χ0v) is 18.5. The molecule has 0 N–H and O–H groups in total. The summed E-state index contributed by atoms with van der Waals surface area (Å²) in [6, 6.07) is 17.3. The molecule has 0 radical (unpaired) electrons. The van der Waals surface area contributed by atoms with E-state index in [-0.39, 0.29) is 5.78 Å². The van der Waals surface area contributed by atoms with Crippen LogP contribution in [0, 0.1) is 5.92 Å². The maximum absolute atomic E-state index is 12.2. The molecule has 0 bridgehead atoms. The van der Waals surface area contributed by atoms with Crippen LogP contribution < -0.4 is 0 Å². The van der Waals surface area contributed by atoms with Gasteiger partial charge in [0.1, 0.15) is 0 Å². The minimum absolute atomic E-state index is 0.263. The Labute approximate surface area is 177 Å². The molecular weight excluding hydrogens is 352 g/mol. The number of carbonyl (C=O) groups excluding carboxylic acids is 1. The van der Waals surface area contributed by atoms with E-state index in [0.717, 1.165) is 30.2 Å². The minimum atomic E-state index is 0.263. The van der Waals surface area contributed by atoms with Crippen LogP contribution in [0.4, 0.5) is 0 Å². The summed E-state index contributed by atoms with van der Waals surface area (Å²) in [5.74, 6) is 1.97. The predicted molar refractivity (Wildman–Crippen MR) is 125 cm³/mol. The second-order valence-electron chi connectivity index (χ2n) is 8.94. The van der Waals surface area contributed by atoms with E-state index in [9.17, 15) is 4.79 Å². The molecule has 0 unspecified atom stereocenters. The molecule has 2 aromatic carbocycles. The fourth-order valence-electron chi connectivity index (χ4n) is 4.75. The molecule has 0 saturated heterocycles. The quantitative estimate of drug-likeness (QED) is 0.293. The molecule has 1 aliphatic rings. The maximum Gasteiger partial charge on any atom is 0.162 e. The van der Waals surface area contributed by atoms with Gasteiger partial charge in [0.25, 0.3) is 0 Å². The van der Waals surface area contributed by atoms with Gasteiger partial charge in [-0.1, -0.05) is 94.5 Å². The highest BCUT2D eigenvalue weighted by molar-refractivity contribution is 5.96. The van der Waals surface area contributed by atoms with Gasteiger partial charge in [0.2, 0.25) is 0 Å². The van der Waals surface area contributed by atoms with Gasteiger partial charge in [-0.25, -0.2) is 0 Å². The molecule has 1 nitrogen and oxygen atoms in total. The topological polar surface area (TPSA) is 17.1 Å². The smallest absolute Gasteiger partial charge is 0.162 e. The molecule has 0 atom stereocenters. The summed E-state index contributed by atoms with van der Waals surface area (Å²) in [7, 11) is 0. The summed E-state index contributed by atoms with van der Waals surface area (Å²) in [6.45, 7) is 4.42. The van der Waals surface area contributed by atoms with Crippen molar-refractivity contribution in [3.63, 3.8) is 0 Å². The van der Waals surface area contributed by atoms with Crippen LogP contribution in [-0.2, 0) is 0 Å². The first kappa shape index (κ1) is 21.8. The monoisotopic (exact) mass is 390 g/mol. The SMILES string of the molecule is CCCCC[C@H]1CC[C@H](c2ccc(-c3ccc(C(=O)CCCC)cc3)cc2)CC1. The number of rotatable bonds is 10. The fraction of sp³-hybridized carbons (Fsp3) is 0.536. The molecule has 2 aromatic rings. The molecule has 1 aliphatic carbocycles. The standard InChI is InChI=1S/C28H38O/c1-3-5-7-8-22-10-12-23(13-11-22)24-14-16-25(17-15-24)26-18-20-27(21-19-26)28(29)9-6-4-2/h14-23H,3-13H2,1-2H3/t22-,23-. The Kier molecular flexibility index (Phi) is 8.52. The summed E-state index contributed by atoms with van der Waals surface area (Å²) in [6.07, 6.45) is 13.8. The summed E-state index contributed by atoms with van der Waals surface area (Å²) in [4.78, 5) is 12.2. The van der Waals surface area contributed by atoms with Crippen LogP contribution in [-0.4, -0.2) is 5.78 Å². The lowest BCUT2D eigenvalue weighted by atomic mass is 9.77. The number of ketones is 1. The first-order valence-corrected chi connectivity index (χ1v) is 11.9. The second-order valence-corrected chi connectivity index (χ2v) is 8.94. The van der Waals surface area contributed by atoms with Gasteiger partial charge in [0, 0.05) is 12.0 Å². The molecule has 0 heterocycles. The third-order valence-corrected chi connectivity index (χ3v) is 6.74.